The first-order chi connectivity index (χ1) is 9.53. The highest BCUT2D eigenvalue weighted by Gasteiger charge is 2.20. The lowest BCUT2D eigenvalue weighted by atomic mass is 9.86. The number of hydrogen-bond acceptors (Lipinski definition) is 3. The van der Waals surface area contributed by atoms with Gasteiger partial charge in [0.2, 0.25) is 0 Å². The van der Waals surface area contributed by atoms with E-state index in [4.69, 9.17) is 9.47 Å². The molecule has 0 spiro atoms. The van der Waals surface area contributed by atoms with Crippen LogP contribution in [0.15, 0.2) is 18.2 Å². The van der Waals surface area contributed by atoms with Gasteiger partial charge in [-0.15, -0.1) is 0 Å². The van der Waals surface area contributed by atoms with E-state index < -0.39 is 0 Å². The van der Waals surface area contributed by atoms with Gasteiger partial charge >= 0.3 is 0 Å². The van der Waals surface area contributed by atoms with Crippen molar-refractivity contribution in [2.24, 2.45) is 11.8 Å². The summed E-state index contributed by atoms with van der Waals surface area (Å²) >= 11 is 0. The zero-order valence-corrected chi connectivity index (χ0v) is 13.7. The molecule has 20 heavy (non-hydrogen) atoms. The van der Waals surface area contributed by atoms with Crippen molar-refractivity contribution in [3.8, 4) is 11.5 Å². The van der Waals surface area contributed by atoms with E-state index in [1.165, 1.54) is 5.56 Å². The van der Waals surface area contributed by atoms with Gasteiger partial charge in [0.05, 0.1) is 14.2 Å². The lowest BCUT2D eigenvalue weighted by Crippen LogP contribution is -2.38. The molecule has 0 aliphatic heterocycles. The number of hydrogen-bond donors (Lipinski definition) is 1. The van der Waals surface area contributed by atoms with Crippen molar-refractivity contribution in [1.82, 2.24) is 5.32 Å². The molecule has 0 saturated carbocycles. The van der Waals surface area contributed by atoms with E-state index in [0.29, 0.717) is 17.9 Å². The van der Waals surface area contributed by atoms with E-state index in [1.807, 2.05) is 6.07 Å². The molecule has 3 nitrogen and oxygen atoms in total. The Morgan fingerprint density at radius 1 is 1.05 bits per heavy atom. The number of ether oxygens (including phenoxy) is 2. The molecule has 0 saturated heterocycles. The SMILES string of the molecule is CCNC(Cc1ccc(OC)c(OC)c1)C(C)C(C)C. The van der Waals surface area contributed by atoms with Gasteiger partial charge in [-0.3, -0.25) is 0 Å². The highest BCUT2D eigenvalue weighted by atomic mass is 16.5. The van der Waals surface area contributed by atoms with Gasteiger partial charge in [0.25, 0.3) is 0 Å². The number of rotatable bonds is 8. The monoisotopic (exact) mass is 279 g/mol. The summed E-state index contributed by atoms with van der Waals surface area (Å²) in [5.74, 6) is 2.88. The summed E-state index contributed by atoms with van der Waals surface area (Å²) in [5.41, 5.74) is 1.28. The number of benzene rings is 1. The van der Waals surface area contributed by atoms with Crippen LogP contribution in [0.5, 0.6) is 11.5 Å². The van der Waals surface area contributed by atoms with E-state index in [0.717, 1.165) is 24.5 Å². The minimum atomic E-state index is 0.484. The largest absolute Gasteiger partial charge is 0.493 e. The highest BCUT2D eigenvalue weighted by Crippen LogP contribution is 2.29. The summed E-state index contributed by atoms with van der Waals surface area (Å²) in [5, 5.41) is 3.61. The quantitative estimate of drug-likeness (QED) is 0.790. The molecule has 0 aliphatic carbocycles. The molecule has 1 rings (SSSR count). The Morgan fingerprint density at radius 3 is 2.20 bits per heavy atom. The van der Waals surface area contributed by atoms with Crippen LogP contribution in [0, 0.1) is 11.8 Å². The molecule has 3 heteroatoms. The topological polar surface area (TPSA) is 30.5 Å². The maximum absolute atomic E-state index is 5.38. The second kappa shape index (κ2) is 8.15. The van der Waals surface area contributed by atoms with Crippen LogP contribution in [0.1, 0.15) is 33.3 Å². The third-order valence-corrected chi connectivity index (χ3v) is 4.06. The van der Waals surface area contributed by atoms with Gasteiger partial charge in [-0.1, -0.05) is 33.8 Å². The maximum Gasteiger partial charge on any atom is 0.160 e. The first-order valence-electron chi connectivity index (χ1n) is 7.47. The van der Waals surface area contributed by atoms with Crippen molar-refractivity contribution in [2.75, 3.05) is 20.8 Å². The molecule has 2 atom stereocenters. The van der Waals surface area contributed by atoms with Gasteiger partial charge in [-0.05, 0) is 42.5 Å². The van der Waals surface area contributed by atoms with Crippen LogP contribution in [0.2, 0.25) is 0 Å². The van der Waals surface area contributed by atoms with Crippen LogP contribution in [0.4, 0.5) is 0 Å². The van der Waals surface area contributed by atoms with Crippen LogP contribution < -0.4 is 14.8 Å². The van der Waals surface area contributed by atoms with Gasteiger partial charge in [0.15, 0.2) is 11.5 Å². The third kappa shape index (κ3) is 4.41. The molecule has 0 bridgehead atoms. The van der Waals surface area contributed by atoms with E-state index in [-0.39, 0.29) is 0 Å². The first kappa shape index (κ1) is 16.8. The fourth-order valence-electron chi connectivity index (χ4n) is 2.43. The first-order valence-corrected chi connectivity index (χ1v) is 7.47. The normalized spacial score (nSPS) is 14.2. The molecule has 1 N–H and O–H groups in total. The summed E-state index contributed by atoms with van der Waals surface area (Å²) in [7, 11) is 3.35. The smallest absolute Gasteiger partial charge is 0.160 e. The predicted octanol–water partition coefficient (Wildman–Crippen LogP) is 3.52. The Kier molecular flexibility index (Phi) is 6.86. The zero-order valence-electron chi connectivity index (χ0n) is 13.7. The summed E-state index contributed by atoms with van der Waals surface area (Å²) in [6, 6.07) is 6.67. The van der Waals surface area contributed by atoms with Gasteiger partial charge in [0, 0.05) is 6.04 Å². The molecule has 0 heterocycles. The Balaban J connectivity index is 2.88. The zero-order chi connectivity index (χ0) is 15.1. The average molecular weight is 279 g/mol. The Hall–Kier alpha value is -1.22. The molecule has 0 radical (unpaired) electrons. The minimum Gasteiger partial charge on any atom is -0.493 e. The molecule has 0 fully saturated rings. The minimum absolute atomic E-state index is 0.484. The molecule has 0 aromatic heterocycles. The molecular formula is C17H29NO2. The van der Waals surface area contributed by atoms with E-state index in [2.05, 4.69) is 45.1 Å². The standard InChI is InChI=1S/C17H29NO2/c1-7-18-15(13(4)12(2)3)10-14-8-9-16(19-5)17(11-14)20-6/h8-9,11-13,15,18H,7,10H2,1-6H3. The van der Waals surface area contributed by atoms with Crippen molar-refractivity contribution in [1.29, 1.82) is 0 Å². The van der Waals surface area contributed by atoms with Crippen LogP contribution >= 0.6 is 0 Å². The van der Waals surface area contributed by atoms with E-state index >= 15 is 0 Å². The summed E-state index contributed by atoms with van der Waals surface area (Å²) in [6.45, 7) is 10.0. The lowest BCUT2D eigenvalue weighted by Gasteiger charge is -2.28. The highest BCUT2D eigenvalue weighted by molar-refractivity contribution is 5.43. The summed E-state index contributed by atoms with van der Waals surface area (Å²) in [6.07, 6.45) is 1.01. The maximum atomic E-state index is 5.38. The molecule has 2 unspecified atom stereocenters. The molecule has 0 amide bonds. The van der Waals surface area contributed by atoms with Crippen molar-refractivity contribution < 1.29 is 9.47 Å². The van der Waals surface area contributed by atoms with Crippen molar-refractivity contribution in [3.05, 3.63) is 23.8 Å². The van der Waals surface area contributed by atoms with E-state index in [1.54, 1.807) is 14.2 Å². The van der Waals surface area contributed by atoms with Gasteiger partial charge in [0.1, 0.15) is 0 Å². The summed E-state index contributed by atoms with van der Waals surface area (Å²) < 4.78 is 10.7. The lowest BCUT2D eigenvalue weighted by molar-refractivity contribution is 0.300. The third-order valence-electron chi connectivity index (χ3n) is 4.06. The molecule has 1 aromatic rings. The number of nitrogens with one attached hydrogen (secondary N) is 1. The molecule has 1 aromatic carbocycles. The van der Waals surface area contributed by atoms with Crippen molar-refractivity contribution >= 4 is 0 Å². The fraction of sp³-hybridized carbons (Fsp3) is 0.647. The second-order valence-corrected chi connectivity index (χ2v) is 5.66. The molecule has 0 aliphatic rings. The Morgan fingerprint density at radius 2 is 1.70 bits per heavy atom. The summed E-state index contributed by atoms with van der Waals surface area (Å²) in [4.78, 5) is 0. The average Bonchev–Trinajstić information content (AvgIpc) is 2.45. The van der Waals surface area contributed by atoms with Crippen molar-refractivity contribution in [2.45, 2.75) is 40.2 Å². The molecular weight excluding hydrogens is 250 g/mol. The van der Waals surface area contributed by atoms with Gasteiger partial charge in [-0.2, -0.15) is 0 Å². The van der Waals surface area contributed by atoms with Crippen LogP contribution in [0.25, 0.3) is 0 Å². The second-order valence-electron chi connectivity index (χ2n) is 5.66. The van der Waals surface area contributed by atoms with Crippen LogP contribution in [-0.4, -0.2) is 26.8 Å². The van der Waals surface area contributed by atoms with Gasteiger partial charge < -0.3 is 14.8 Å². The predicted molar refractivity (Wildman–Crippen MR) is 84.7 cm³/mol. The van der Waals surface area contributed by atoms with Crippen LogP contribution in [0.3, 0.4) is 0 Å². The number of likely N-dealkylation sites (N-methyl/N-ethyl adjacent to an activating group) is 1. The van der Waals surface area contributed by atoms with Crippen LogP contribution in [-0.2, 0) is 6.42 Å². The molecule has 114 valence electrons. The van der Waals surface area contributed by atoms with Crippen molar-refractivity contribution in [3.63, 3.8) is 0 Å². The van der Waals surface area contributed by atoms with E-state index in [9.17, 15) is 0 Å². The Bertz CT molecular complexity index is 404. The fourth-order valence-corrected chi connectivity index (χ4v) is 2.43. The number of methoxy groups -OCH3 is 2. The Labute approximate surface area is 123 Å². The van der Waals surface area contributed by atoms with Gasteiger partial charge in [-0.25, -0.2) is 0 Å².